The zero-order chi connectivity index (χ0) is 15.5. The molecular weight excluding hydrogens is 266 g/mol. The van der Waals surface area contributed by atoms with Crippen molar-refractivity contribution in [3.8, 4) is 0 Å². The Bertz CT molecular complexity index is 434. The number of hydrogen-bond acceptors (Lipinski definition) is 2. The maximum absolute atomic E-state index is 11.8. The molecule has 1 aromatic rings. The first kappa shape index (κ1) is 17.2. The molecule has 0 aliphatic rings. The van der Waals surface area contributed by atoms with Gasteiger partial charge in [0.25, 0.3) is 11.8 Å². The molecule has 0 bridgehead atoms. The molecule has 0 fully saturated rings. The van der Waals surface area contributed by atoms with Crippen LogP contribution in [0.1, 0.15) is 18.9 Å². The van der Waals surface area contributed by atoms with E-state index >= 15 is 0 Å². The summed E-state index contributed by atoms with van der Waals surface area (Å²) in [6, 6.07) is 10.0. The second-order valence-electron chi connectivity index (χ2n) is 5.25. The number of amides is 2. The van der Waals surface area contributed by atoms with Crippen molar-refractivity contribution in [1.29, 1.82) is 0 Å². The molecule has 3 N–H and O–H groups in total. The molecule has 5 nitrogen and oxygen atoms in total. The highest BCUT2D eigenvalue weighted by Gasteiger charge is 2.13. The van der Waals surface area contributed by atoms with Crippen LogP contribution in [-0.4, -0.2) is 45.0 Å². The topological polar surface area (TPSA) is 62.6 Å². The fraction of sp³-hybridized carbons (Fsp3) is 0.500. The molecule has 21 heavy (non-hydrogen) atoms. The molecular formula is C16H26N3O2+. The molecule has 1 rings (SSSR count). The van der Waals surface area contributed by atoms with E-state index < -0.39 is 0 Å². The summed E-state index contributed by atoms with van der Waals surface area (Å²) in [4.78, 5) is 24.2. The van der Waals surface area contributed by atoms with Gasteiger partial charge in [-0.05, 0) is 18.4 Å². The number of carbonyl (C=O) groups is 2. The van der Waals surface area contributed by atoms with Gasteiger partial charge in [0, 0.05) is 13.1 Å². The van der Waals surface area contributed by atoms with E-state index in [0.29, 0.717) is 26.2 Å². The van der Waals surface area contributed by atoms with Crippen molar-refractivity contribution in [3.05, 3.63) is 35.9 Å². The molecule has 0 saturated carbocycles. The van der Waals surface area contributed by atoms with Crippen LogP contribution in [0.3, 0.4) is 0 Å². The second kappa shape index (κ2) is 9.94. The van der Waals surface area contributed by atoms with Gasteiger partial charge in [-0.1, -0.05) is 37.3 Å². The van der Waals surface area contributed by atoms with Crippen LogP contribution in [0.2, 0.25) is 0 Å². The van der Waals surface area contributed by atoms with Gasteiger partial charge in [-0.15, -0.1) is 0 Å². The Morgan fingerprint density at radius 2 is 1.57 bits per heavy atom. The molecule has 0 spiro atoms. The minimum atomic E-state index is -0.0216. The van der Waals surface area contributed by atoms with Gasteiger partial charge in [-0.3, -0.25) is 9.59 Å². The van der Waals surface area contributed by atoms with Gasteiger partial charge >= 0.3 is 0 Å². The van der Waals surface area contributed by atoms with E-state index in [1.54, 1.807) is 0 Å². The lowest BCUT2D eigenvalue weighted by molar-refractivity contribution is -0.862. The maximum Gasteiger partial charge on any atom is 0.275 e. The third-order valence-electron chi connectivity index (χ3n) is 3.08. The predicted octanol–water partition coefficient (Wildman–Crippen LogP) is -0.614. The summed E-state index contributed by atoms with van der Waals surface area (Å²) >= 11 is 0. The summed E-state index contributed by atoms with van der Waals surface area (Å²) in [6.07, 6.45) is 1.74. The van der Waals surface area contributed by atoms with E-state index in [9.17, 15) is 9.59 Å². The third-order valence-corrected chi connectivity index (χ3v) is 3.08. The minimum absolute atomic E-state index is 0.00793. The standard InChI is InChI=1S/C16H25N3O2/c1-3-10-17-15(20)12-19(2)13-16(21)18-11-9-14-7-5-4-6-8-14/h4-8H,3,9-13H2,1-2H3,(H,17,20)(H,18,21)/p+1. The molecule has 1 unspecified atom stereocenters. The fourth-order valence-corrected chi connectivity index (χ4v) is 1.99. The van der Waals surface area contributed by atoms with E-state index in [4.69, 9.17) is 0 Å². The quantitative estimate of drug-likeness (QED) is 0.568. The molecule has 5 heteroatoms. The van der Waals surface area contributed by atoms with Crippen LogP contribution in [0.15, 0.2) is 30.3 Å². The van der Waals surface area contributed by atoms with Crippen LogP contribution in [0.5, 0.6) is 0 Å². The maximum atomic E-state index is 11.8. The highest BCUT2D eigenvalue weighted by molar-refractivity contribution is 5.78. The number of likely N-dealkylation sites (N-methyl/N-ethyl adjacent to an activating group) is 1. The number of quaternary nitrogens is 1. The van der Waals surface area contributed by atoms with E-state index in [0.717, 1.165) is 17.7 Å². The Labute approximate surface area is 126 Å². The zero-order valence-corrected chi connectivity index (χ0v) is 12.9. The predicted molar refractivity (Wildman–Crippen MR) is 83.1 cm³/mol. The van der Waals surface area contributed by atoms with Gasteiger partial charge in [0.05, 0.1) is 7.05 Å². The van der Waals surface area contributed by atoms with E-state index in [2.05, 4.69) is 10.6 Å². The highest BCUT2D eigenvalue weighted by Crippen LogP contribution is 1.97. The third kappa shape index (κ3) is 8.09. The van der Waals surface area contributed by atoms with Crippen molar-refractivity contribution in [2.45, 2.75) is 19.8 Å². The van der Waals surface area contributed by atoms with Crippen molar-refractivity contribution in [1.82, 2.24) is 10.6 Å². The summed E-state index contributed by atoms with van der Waals surface area (Å²) in [7, 11) is 1.85. The zero-order valence-electron chi connectivity index (χ0n) is 12.9. The smallest absolute Gasteiger partial charge is 0.275 e. The Kier molecular flexibility index (Phi) is 8.12. The number of benzene rings is 1. The second-order valence-corrected chi connectivity index (χ2v) is 5.25. The minimum Gasteiger partial charge on any atom is -0.351 e. The summed E-state index contributed by atoms with van der Waals surface area (Å²) < 4.78 is 0. The molecule has 116 valence electrons. The monoisotopic (exact) mass is 292 g/mol. The lowest BCUT2D eigenvalue weighted by atomic mass is 10.1. The molecule has 0 saturated heterocycles. The number of hydrogen-bond donors (Lipinski definition) is 3. The normalized spacial score (nSPS) is 11.7. The van der Waals surface area contributed by atoms with Crippen molar-refractivity contribution < 1.29 is 14.5 Å². The molecule has 0 heterocycles. The molecule has 0 aliphatic carbocycles. The van der Waals surface area contributed by atoms with Crippen LogP contribution >= 0.6 is 0 Å². The Morgan fingerprint density at radius 3 is 2.14 bits per heavy atom. The number of carbonyl (C=O) groups excluding carboxylic acids is 2. The van der Waals surface area contributed by atoms with Crippen LogP contribution in [-0.2, 0) is 16.0 Å². The Morgan fingerprint density at radius 1 is 1.00 bits per heavy atom. The van der Waals surface area contributed by atoms with Gasteiger partial charge in [-0.2, -0.15) is 0 Å². The fourth-order valence-electron chi connectivity index (χ4n) is 1.99. The van der Waals surface area contributed by atoms with E-state index in [-0.39, 0.29) is 11.8 Å². The lowest BCUT2D eigenvalue weighted by Crippen LogP contribution is -3.11. The molecule has 0 aromatic heterocycles. The molecule has 2 amide bonds. The van der Waals surface area contributed by atoms with Crippen LogP contribution in [0.4, 0.5) is 0 Å². The van der Waals surface area contributed by atoms with Crippen molar-refractivity contribution >= 4 is 11.8 Å². The summed E-state index contributed by atoms with van der Waals surface area (Å²) in [6.45, 7) is 3.96. The van der Waals surface area contributed by atoms with Crippen molar-refractivity contribution in [2.24, 2.45) is 0 Å². The molecule has 0 aliphatic heterocycles. The number of nitrogens with one attached hydrogen (secondary N) is 3. The van der Waals surface area contributed by atoms with Gasteiger partial charge in [0.15, 0.2) is 13.1 Å². The van der Waals surface area contributed by atoms with Crippen molar-refractivity contribution in [2.75, 3.05) is 33.2 Å². The lowest BCUT2D eigenvalue weighted by Gasteiger charge is -2.13. The van der Waals surface area contributed by atoms with E-state index in [1.165, 1.54) is 5.56 Å². The Balaban J connectivity index is 2.16. The SMILES string of the molecule is CCCNC(=O)C[NH+](C)CC(=O)NCCc1ccccc1. The van der Waals surface area contributed by atoms with Crippen LogP contribution < -0.4 is 15.5 Å². The highest BCUT2D eigenvalue weighted by atomic mass is 16.2. The van der Waals surface area contributed by atoms with Crippen molar-refractivity contribution in [3.63, 3.8) is 0 Å². The van der Waals surface area contributed by atoms with Crippen LogP contribution in [0.25, 0.3) is 0 Å². The van der Waals surface area contributed by atoms with E-state index in [1.807, 2.05) is 44.3 Å². The first-order valence-corrected chi connectivity index (χ1v) is 7.50. The molecule has 1 aromatic carbocycles. The Hall–Kier alpha value is -1.88. The molecule has 1 atom stereocenters. The molecule has 0 radical (unpaired) electrons. The average molecular weight is 292 g/mol. The van der Waals surface area contributed by atoms with Gasteiger partial charge in [-0.25, -0.2) is 0 Å². The van der Waals surface area contributed by atoms with Gasteiger partial charge < -0.3 is 15.5 Å². The summed E-state index contributed by atoms with van der Waals surface area (Å²) in [5, 5.41) is 5.70. The van der Waals surface area contributed by atoms with Gasteiger partial charge in [0.1, 0.15) is 0 Å². The van der Waals surface area contributed by atoms with Crippen LogP contribution in [0, 0.1) is 0 Å². The number of rotatable bonds is 9. The first-order chi connectivity index (χ1) is 10.1. The average Bonchev–Trinajstić information content (AvgIpc) is 2.46. The largest absolute Gasteiger partial charge is 0.351 e. The van der Waals surface area contributed by atoms with Gasteiger partial charge in [0.2, 0.25) is 0 Å². The summed E-state index contributed by atoms with van der Waals surface area (Å²) in [5.41, 5.74) is 1.21. The first-order valence-electron chi connectivity index (χ1n) is 7.50. The summed E-state index contributed by atoms with van der Waals surface area (Å²) in [5.74, 6) is -0.0295.